The van der Waals surface area contributed by atoms with Gasteiger partial charge in [0.25, 0.3) is 0 Å². The molecule has 0 bridgehead atoms. The highest BCUT2D eigenvalue weighted by Crippen LogP contribution is 2.31. The first-order valence-corrected chi connectivity index (χ1v) is 7.78. The molecule has 0 saturated heterocycles. The van der Waals surface area contributed by atoms with Crippen LogP contribution in [0.15, 0.2) is 47.4 Å². The van der Waals surface area contributed by atoms with Crippen LogP contribution in [-0.2, 0) is 4.79 Å². The number of carbonyl (C=O) groups is 1. The molecule has 0 aliphatic heterocycles. The van der Waals surface area contributed by atoms with E-state index in [0.717, 1.165) is 11.0 Å². The van der Waals surface area contributed by atoms with Gasteiger partial charge in [0.05, 0.1) is 21.0 Å². The van der Waals surface area contributed by atoms with E-state index in [0.29, 0.717) is 10.7 Å². The molecule has 1 atom stereocenters. The molecule has 0 heterocycles. The first kappa shape index (κ1) is 16.1. The third kappa shape index (κ3) is 4.37. The highest BCUT2D eigenvalue weighted by Gasteiger charge is 2.17. The molecule has 1 N–H and O–H groups in total. The zero-order chi connectivity index (χ0) is 15.4. The van der Waals surface area contributed by atoms with Crippen molar-refractivity contribution in [2.45, 2.75) is 17.1 Å². The molecule has 0 saturated carbocycles. The van der Waals surface area contributed by atoms with Gasteiger partial charge >= 0.3 is 0 Å². The summed E-state index contributed by atoms with van der Waals surface area (Å²) in [6.45, 7) is 1.76. The number of benzene rings is 2. The van der Waals surface area contributed by atoms with Crippen molar-refractivity contribution >= 4 is 46.6 Å². The van der Waals surface area contributed by atoms with Crippen LogP contribution in [0.3, 0.4) is 0 Å². The van der Waals surface area contributed by atoms with E-state index in [9.17, 15) is 9.18 Å². The molecule has 110 valence electrons. The molecular formula is C15H12Cl2FNOS. The molecule has 0 radical (unpaired) electrons. The molecule has 2 aromatic rings. The molecule has 0 aliphatic rings. The topological polar surface area (TPSA) is 29.1 Å². The lowest BCUT2D eigenvalue weighted by atomic mass is 10.3. The summed E-state index contributed by atoms with van der Waals surface area (Å²) in [5.74, 6) is -0.676. The van der Waals surface area contributed by atoms with Gasteiger partial charge in [-0.3, -0.25) is 4.79 Å². The van der Waals surface area contributed by atoms with Crippen molar-refractivity contribution in [1.82, 2.24) is 0 Å². The van der Waals surface area contributed by atoms with Crippen LogP contribution in [-0.4, -0.2) is 11.2 Å². The summed E-state index contributed by atoms with van der Waals surface area (Å²) in [5.41, 5.74) is 0.384. The van der Waals surface area contributed by atoms with E-state index in [-0.39, 0.29) is 16.2 Å². The molecule has 0 unspecified atom stereocenters. The van der Waals surface area contributed by atoms with Gasteiger partial charge in [0, 0.05) is 4.90 Å². The number of thioether (sulfide) groups is 1. The lowest BCUT2D eigenvalue weighted by molar-refractivity contribution is -0.115. The molecule has 2 aromatic carbocycles. The Bertz CT molecular complexity index is 666. The van der Waals surface area contributed by atoms with Crippen LogP contribution < -0.4 is 5.32 Å². The van der Waals surface area contributed by atoms with Crippen molar-refractivity contribution in [1.29, 1.82) is 0 Å². The normalized spacial score (nSPS) is 12.0. The first-order valence-electron chi connectivity index (χ1n) is 6.14. The van der Waals surface area contributed by atoms with Gasteiger partial charge in [0.1, 0.15) is 5.82 Å². The van der Waals surface area contributed by atoms with Gasteiger partial charge in [-0.05, 0) is 37.3 Å². The lowest BCUT2D eigenvalue weighted by Crippen LogP contribution is -2.22. The van der Waals surface area contributed by atoms with Crippen molar-refractivity contribution in [2.75, 3.05) is 5.32 Å². The standard InChI is InChI=1S/C15H12Cl2FNOS/c1-9(21-14-5-3-2-4-11(14)16)15(20)19-13-7-6-10(18)8-12(13)17/h2-9H,1H3,(H,19,20)/t9-/m0/s1. The summed E-state index contributed by atoms with van der Waals surface area (Å²) < 4.78 is 13.0. The Morgan fingerprint density at radius 2 is 1.90 bits per heavy atom. The molecule has 6 heteroatoms. The fourth-order valence-corrected chi connectivity index (χ4v) is 2.98. The van der Waals surface area contributed by atoms with Gasteiger partial charge in [-0.15, -0.1) is 11.8 Å². The number of carbonyl (C=O) groups excluding carboxylic acids is 1. The van der Waals surface area contributed by atoms with E-state index in [4.69, 9.17) is 23.2 Å². The average molecular weight is 344 g/mol. The number of rotatable bonds is 4. The fourth-order valence-electron chi connectivity index (χ4n) is 1.61. The summed E-state index contributed by atoms with van der Waals surface area (Å²) in [6.07, 6.45) is 0. The number of amides is 1. The minimum atomic E-state index is -0.448. The quantitative estimate of drug-likeness (QED) is 0.768. The van der Waals surface area contributed by atoms with Crippen molar-refractivity contribution in [3.63, 3.8) is 0 Å². The lowest BCUT2D eigenvalue weighted by Gasteiger charge is -2.13. The average Bonchev–Trinajstić information content (AvgIpc) is 2.44. The van der Waals surface area contributed by atoms with Gasteiger partial charge in [0.2, 0.25) is 5.91 Å². The number of nitrogens with one attached hydrogen (secondary N) is 1. The summed E-state index contributed by atoms with van der Waals surface area (Å²) in [5, 5.41) is 3.07. The van der Waals surface area contributed by atoms with E-state index < -0.39 is 5.82 Å². The van der Waals surface area contributed by atoms with Crippen LogP contribution in [0.2, 0.25) is 10.0 Å². The van der Waals surface area contributed by atoms with Gasteiger partial charge in [-0.25, -0.2) is 4.39 Å². The number of anilines is 1. The summed E-state index contributed by atoms with van der Waals surface area (Å²) in [7, 11) is 0. The summed E-state index contributed by atoms with van der Waals surface area (Å²) in [4.78, 5) is 13.0. The number of hydrogen-bond acceptors (Lipinski definition) is 2. The molecule has 0 aliphatic carbocycles. The largest absolute Gasteiger partial charge is 0.324 e. The molecule has 0 fully saturated rings. The number of hydrogen-bond donors (Lipinski definition) is 1. The predicted molar refractivity (Wildman–Crippen MR) is 86.8 cm³/mol. The Morgan fingerprint density at radius 1 is 1.19 bits per heavy atom. The minimum Gasteiger partial charge on any atom is -0.324 e. The van der Waals surface area contributed by atoms with E-state index in [1.807, 2.05) is 18.2 Å². The second kappa shape index (κ2) is 7.16. The maximum Gasteiger partial charge on any atom is 0.237 e. The van der Waals surface area contributed by atoms with Crippen LogP contribution in [0.4, 0.5) is 10.1 Å². The Labute approximate surface area is 136 Å². The van der Waals surface area contributed by atoms with Gasteiger partial charge in [0.15, 0.2) is 0 Å². The minimum absolute atomic E-state index is 0.165. The zero-order valence-electron chi connectivity index (χ0n) is 11.1. The Hall–Kier alpha value is -1.23. The summed E-state index contributed by atoms with van der Waals surface area (Å²) >= 11 is 13.3. The Kier molecular flexibility index (Phi) is 5.51. The van der Waals surface area contributed by atoms with Crippen LogP contribution in [0.1, 0.15) is 6.92 Å². The third-order valence-corrected chi connectivity index (χ3v) is 4.63. The van der Waals surface area contributed by atoms with Crippen LogP contribution in [0.25, 0.3) is 0 Å². The SMILES string of the molecule is C[C@H](Sc1ccccc1Cl)C(=O)Nc1ccc(F)cc1Cl. The number of halogens is 3. The summed E-state index contributed by atoms with van der Waals surface area (Å²) in [6, 6.07) is 11.1. The molecule has 0 aromatic heterocycles. The fraction of sp³-hybridized carbons (Fsp3) is 0.133. The van der Waals surface area contributed by atoms with Gasteiger partial charge in [-0.1, -0.05) is 35.3 Å². The highest BCUT2D eigenvalue weighted by molar-refractivity contribution is 8.00. The smallest absolute Gasteiger partial charge is 0.237 e. The highest BCUT2D eigenvalue weighted by atomic mass is 35.5. The monoisotopic (exact) mass is 343 g/mol. The molecule has 21 heavy (non-hydrogen) atoms. The Morgan fingerprint density at radius 3 is 2.57 bits per heavy atom. The van der Waals surface area contributed by atoms with Crippen molar-refractivity contribution in [3.05, 3.63) is 58.3 Å². The van der Waals surface area contributed by atoms with Crippen molar-refractivity contribution in [2.24, 2.45) is 0 Å². The second-order valence-electron chi connectivity index (χ2n) is 4.30. The first-order chi connectivity index (χ1) is 9.97. The molecule has 0 spiro atoms. The van der Waals surface area contributed by atoms with E-state index in [2.05, 4.69) is 5.32 Å². The predicted octanol–water partition coefficient (Wildman–Crippen LogP) is 5.25. The van der Waals surface area contributed by atoms with Crippen molar-refractivity contribution in [3.8, 4) is 0 Å². The van der Waals surface area contributed by atoms with E-state index >= 15 is 0 Å². The maximum atomic E-state index is 13.0. The van der Waals surface area contributed by atoms with E-state index in [1.165, 1.54) is 23.9 Å². The van der Waals surface area contributed by atoms with Crippen molar-refractivity contribution < 1.29 is 9.18 Å². The molecule has 2 nitrogen and oxygen atoms in total. The molecule has 2 rings (SSSR count). The van der Waals surface area contributed by atoms with Crippen LogP contribution >= 0.6 is 35.0 Å². The van der Waals surface area contributed by atoms with E-state index in [1.54, 1.807) is 13.0 Å². The van der Waals surface area contributed by atoms with Gasteiger partial charge in [-0.2, -0.15) is 0 Å². The zero-order valence-corrected chi connectivity index (χ0v) is 13.4. The second-order valence-corrected chi connectivity index (χ2v) is 6.50. The Balaban J connectivity index is 2.04. The van der Waals surface area contributed by atoms with Crippen LogP contribution in [0.5, 0.6) is 0 Å². The van der Waals surface area contributed by atoms with Gasteiger partial charge < -0.3 is 5.32 Å². The van der Waals surface area contributed by atoms with Crippen LogP contribution in [0, 0.1) is 5.82 Å². The third-order valence-electron chi connectivity index (χ3n) is 2.70. The molecule has 1 amide bonds. The molecular weight excluding hydrogens is 332 g/mol. The maximum absolute atomic E-state index is 13.0.